The van der Waals surface area contributed by atoms with Gasteiger partial charge in [0.25, 0.3) is 0 Å². The highest BCUT2D eigenvalue weighted by Crippen LogP contribution is 2.37. The SMILES string of the molecule is C[C@@H](C(=O)NC(C)(C)C)N(Cc1cccc(Br)c1)C(=O)CN(c1ccc(Cl)c(C(F)(F)F)c1)S(C)(=O)=O. The number of amides is 2. The number of alkyl halides is 3. The molecule has 0 bridgehead atoms. The number of carbonyl (C=O) groups is 2. The first kappa shape index (κ1) is 30.9. The smallest absolute Gasteiger partial charge is 0.350 e. The fourth-order valence-corrected chi connectivity index (χ4v) is 4.90. The minimum absolute atomic E-state index is 0.0526. The molecule has 7 nitrogen and oxygen atoms in total. The predicted octanol–water partition coefficient (Wildman–Crippen LogP) is 5.22. The van der Waals surface area contributed by atoms with E-state index in [1.54, 1.807) is 45.0 Å². The number of nitrogens with zero attached hydrogens (tertiary/aromatic N) is 2. The third kappa shape index (κ3) is 8.89. The molecule has 204 valence electrons. The van der Waals surface area contributed by atoms with Gasteiger partial charge in [0.05, 0.1) is 22.5 Å². The summed E-state index contributed by atoms with van der Waals surface area (Å²) in [6.07, 6.45) is -4.07. The van der Waals surface area contributed by atoms with Crippen LogP contribution in [0.25, 0.3) is 0 Å². The van der Waals surface area contributed by atoms with Crippen LogP contribution in [0.15, 0.2) is 46.9 Å². The molecular weight excluding hydrogens is 599 g/mol. The zero-order valence-electron chi connectivity index (χ0n) is 20.9. The third-order valence-electron chi connectivity index (χ3n) is 5.13. The van der Waals surface area contributed by atoms with Crippen molar-refractivity contribution < 1.29 is 31.2 Å². The maximum atomic E-state index is 13.5. The number of benzene rings is 2. The highest BCUT2D eigenvalue weighted by Gasteiger charge is 2.36. The second kappa shape index (κ2) is 11.6. The molecule has 0 fully saturated rings. The van der Waals surface area contributed by atoms with Gasteiger partial charge in [-0.15, -0.1) is 0 Å². The first-order chi connectivity index (χ1) is 16.8. The van der Waals surface area contributed by atoms with Crippen molar-refractivity contribution in [2.75, 3.05) is 17.1 Å². The van der Waals surface area contributed by atoms with Crippen LogP contribution in [0.4, 0.5) is 18.9 Å². The maximum Gasteiger partial charge on any atom is 0.417 e. The second-order valence-corrected chi connectivity index (χ2v) is 12.7. The lowest BCUT2D eigenvalue weighted by molar-refractivity contribution is -0.140. The Morgan fingerprint density at radius 1 is 1.11 bits per heavy atom. The van der Waals surface area contributed by atoms with Crippen molar-refractivity contribution in [2.24, 2.45) is 0 Å². The average molecular weight is 627 g/mol. The molecule has 0 aliphatic rings. The molecule has 1 atom stereocenters. The second-order valence-electron chi connectivity index (χ2n) is 9.50. The van der Waals surface area contributed by atoms with Gasteiger partial charge in [0.1, 0.15) is 12.6 Å². The fourth-order valence-electron chi connectivity index (χ4n) is 3.39. The molecule has 0 radical (unpaired) electrons. The summed E-state index contributed by atoms with van der Waals surface area (Å²) >= 11 is 9.02. The standard InChI is InChI=1S/C24H28BrClF3N3O4S/c1-15(22(34)30-23(2,3)4)31(13-16-7-6-8-17(25)11-16)21(33)14-32(37(5,35)36)18-9-10-20(26)19(12-18)24(27,28)29/h6-12,15H,13-14H2,1-5H3,(H,30,34)/t15-/m0/s1. The number of halogens is 5. The zero-order valence-corrected chi connectivity index (χ0v) is 24.0. The Hall–Kier alpha value is -2.31. The molecule has 0 saturated heterocycles. The van der Waals surface area contributed by atoms with Gasteiger partial charge in [0.2, 0.25) is 21.8 Å². The van der Waals surface area contributed by atoms with Crippen molar-refractivity contribution in [3.63, 3.8) is 0 Å². The van der Waals surface area contributed by atoms with Crippen LogP contribution < -0.4 is 9.62 Å². The predicted molar refractivity (Wildman–Crippen MR) is 141 cm³/mol. The lowest BCUT2D eigenvalue weighted by atomic mass is 10.1. The van der Waals surface area contributed by atoms with Gasteiger partial charge < -0.3 is 10.2 Å². The summed E-state index contributed by atoms with van der Waals surface area (Å²) in [6, 6.07) is 8.52. The summed E-state index contributed by atoms with van der Waals surface area (Å²) in [5.41, 5.74) is -1.58. The van der Waals surface area contributed by atoms with Crippen LogP contribution in [0.2, 0.25) is 5.02 Å². The first-order valence-corrected chi connectivity index (χ1v) is 14.0. The normalized spacial score (nSPS) is 13.1. The molecule has 0 heterocycles. The van der Waals surface area contributed by atoms with Crippen molar-refractivity contribution in [1.29, 1.82) is 0 Å². The summed E-state index contributed by atoms with van der Waals surface area (Å²) in [4.78, 5) is 27.6. The van der Waals surface area contributed by atoms with E-state index in [-0.39, 0.29) is 12.2 Å². The highest BCUT2D eigenvalue weighted by molar-refractivity contribution is 9.10. The van der Waals surface area contributed by atoms with E-state index in [1.807, 2.05) is 0 Å². The van der Waals surface area contributed by atoms with Gasteiger partial charge in [-0.1, -0.05) is 39.7 Å². The maximum absolute atomic E-state index is 13.5. The van der Waals surface area contributed by atoms with E-state index in [0.29, 0.717) is 15.9 Å². The molecule has 0 spiro atoms. The van der Waals surface area contributed by atoms with E-state index in [2.05, 4.69) is 21.2 Å². The number of nitrogens with one attached hydrogen (secondary N) is 1. The molecule has 0 aromatic heterocycles. The summed E-state index contributed by atoms with van der Waals surface area (Å²) in [6.45, 7) is 5.90. The van der Waals surface area contributed by atoms with Gasteiger partial charge in [0, 0.05) is 16.6 Å². The summed E-state index contributed by atoms with van der Waals surface area (Å²) in [5.74, 6) is -1.27. The molecular formula is C24H28BrClF3N3O4S. The van der Waals surface area contributed by atoms with Crippen LogP contribution in [-0.4, -0.2) is 49.5 Å². The van der Waals surface area contributed by atoms with E-state index in [1.165, 1.54) is 11.8 Å². The zero-order chi connectivity index (χ0) is 28.3. The first-order valence-electron chi connectivity index (χ1n) is 11.0. The van der Waals surface area contributed by atoms with Crippen molar-refractivity contribution in [2.45, 2.75) is 52.0 Å². The Morgan fingerprint density at radius 3 is 2.24 bits per heavy atom. The van der Waals surface area contributed by atoms with E-state index >= 15 is 0 Å². The monoisotopic (exact) mass is 625 g/mol. The Labute approximate surface area is 228 Å². The van der Waals surface area contributed by atoms with E-state index in [4.69, 9.17) is 11.6 Å². The molecule has 2 amide bonds. The minimum Gasteiger partial charge on any atom is -0.350 e. The molecule has 0 unspecified atom stereocenters. The number of anilines is 1. The minimum atomic E-state index is -4.84. The third-order valence-corrected chi connectivity index (χ3v) is 7.09. The quantitative estimate of drug-likeness (QED) is 0.436. The Morgan fingerprint density at radius 2 is 1.73 bits per heavy atom. The molecule has 37 heavy (non-hydrogen) atoms. The van der Waals surface area contributed by atoms with Gasteiger partial charge in [-0.05, 0) is 63.6 Å². The molecule has 13 heteroatoms. The largest absolute Gasteiger partial charge is 0.417 e. The van der Waals surface area contributed by atoms with Gasteiger partial charge in [-0.25, -0.2) is 8.42 Å². The summed E-state index contributed by atoms with van der Waals surface area (Å²) in [7, 11) is -4.21. The molecule has 0 aliphatic heterocycles. The van der Waals surface area contributed by atoms with Crippen molar-refractivity contribution in [3.05, 3.63) is 63.1 Å². The average Bonchev–Trinajstić information content (AvgIpc) is 2.73. The van der Waals surface area contributed by atoms with Gasteiger partial charge in [-0.2, -0.15) is 13.2 Å². The number of hydrogen-bond acceptors (Lipinski definition) is 4. The fraction of sp³-hybridized carbons (Fsp3) is 0.417. The number of rotatable bonds is 8. The van der Waals surface area contributed by atoms with E-state index in [9.17, 15) is 31.2 Å². The van der Waals surface area contributed by atoms with Crippen LogP contribution in [0.3, 0.4) is 0 Å². The molecule has 2 aromatic rings. The lowest BCUT2D eigenvalue weighted by Crippen LogP contribution is -2.54. The highest BCUT2D eigenvalue weighted by atomic mass is 79.9. The molecule has 2 aromatic carbocycles. The van der Waals surface area contributed by atoms with E-state index < -0.39 is 56.7 Å². The van der Waals surface area contributed by atoms with E-state index in [0.717, 1.165) is 22.9 Å². The van der Waals surface area contributed by atoms with Gasteiger partial charge in [-0.3, -0.25) is 13.9 Å². The molecule has 0 aliphatic carbocycles. The van der Waals surface area contributed by atoms with Crippen molar-refractivity contribution in [3.8, 4) is 0 Å². The Kier molecular flexibility index (Phi) is 9.70. The van der Waals surface area contributed by atoms with Crippen LogP contribution >= 0.6 is 27.5 Å². The summed E-state index contributed by atoms with van der Waals surface area (Å²) < 4.78 is 66.7. The topological polar surface area (TPSA) is 86.8 Å². The number of sulfonamides is 1. The number of hydrogen-bond donors (Lipinski definition) is 1. The Balaban J connectivity index is 2.50. The molecule has 2 rings (SSSR count). The van der Waals surface area contributed by atoms with Gasteiger partial charge in [0.15, 0.2) is 0 Å². The number of carbonyl (C=O) groups excluding carboxylic acids is 2. The van der Waals surface area contributed by atoms with Crippen LogP contribution in [0.1, 0.15) is 38.8 Å². The van der Waals surface area contributed by atoms with Crippen LogP contribution in [0.5, 0.6) is 0 Å². The van der Waals surface area contributed by atoms with Crippen molar-refractivity contribution >= 4 is 55.1 Å². The molecule has 1 N–H and O–H groups in total. The lowest BCUT2D eigenvalue weighted by Gasteiger charge is -2.33. The van der Waals surface area contributed by atoms with Crippen molar-refractivity contribution in [1.82, 2.24) is 10.2 Å². The van der Waals surface area contributed by atoms with Crippen LogP contribution in [-0.2, 0) is 32.3 Å². The van der Waals surface area contributed by atoms with Crippen LogP contribution in [0, 0.1) is 0 Å². The molecule has 0 saturated carbocycles. The summed E-state index contributed by atoms with van der Waals surface area (Å²) in [5, 5.41) is 2.17. The Bertz CT molecular complexity index is 1270. The van der Waals surface area contributed by atoms with Gasteiger partial charge >= 0.3 is 6.18 Å².